The van der Waals surface area contributed by atoms with Gasteiger partial charge in [-0.25, -0.2) is 4.68 Å². The number of nitrogen functional groups attached to an aromatic ring is 1. The first-order valence-corrected chi connectivity index (χ1v) is 7.90. The predicted octanol–water partition coefficient (Wildman–Crippen LogP) is 3.01. The maximum absolute atomic E-state index is 6.30. The van der Waals surface area contributed by atoms with Crippen molar-refractivity contribution in [3.05, 3.63) is 23.2 Å². The predicted molar refractivity (Wildman–Crippen MR) is 81.6 cm³/mol. The summed E-state index contributed by atoms with van der Waals surface area (Å²) in [5.74, 6) is 3.19. The molecule has 0 saturated heterocycles. The van der Waals surface area contributed by atoms with E-state index in [4.69, 9.17) is 17.3 Å². The van der Waals surface area contributed by atoms with Crippen LogP contribution in [-0.2, 0) is 6.54 Å². The zero-order valence-electron chi connectivity index (χ0n) is 11.7. The second-order valence-electron chi connectivity index (χ2n) is 6.33. The van der Waals surface area contributed by atoms with Crippen molar-refractivity contribution in [2.45, 2.75) is 32.2 Å². The number of fused-ring (bicyclic) bond motifs is 2. The van der Waals surface area contributed by atoms with E-state index in [-0.39, 0.29) is 0 Å². The van der Waals surface area contributed by atoms with Crippen LogP contribution in [0.2, 0.25) is 5.02 Å². The van der Waals surface area contributed by atoms with Crippen molar-refractivity contribution >= 4 is 17.3 Å². The smallest absolute Gasteiger partial charge is 0.183 e. The molecule has 2 fully saturated rings. The molecular weight excluding hydrogens is 286 g/mol. The minimum atomic E-state index is 0.529. The van der Waals surface area contributed by atoms with Gasteiger partial charge in [0.25, 0.3) is 0 Å². The second kappa shape index (κ2) is 4.98. The van der Waals surface area contributed by atoms with E-state index in [0.717, 1.165) is 29.8 Å². The molecule has 6 heteroatoms. The first-order valence-electron chi connectivity index (χ1n) is 7.53. The van der Waals surface area contributed by atoms with Gasteiger partial charge in [-0.05, 0) is 59.6 Å². The Balaban J connectivity index is 1.63. The van der Waals surface area contributed by atoms with Gasteiger partial charge in [0.2, 0.25) is 0 Å². The Bertz CT molecular complexity index is 668. The van der Waals surface area contributed by atoms with E-state index in [1.165, 1.54) is 25.7 Å². The number of rotatable bonds is 3. The lowest BCUT2D eigenvalue weighted by Crippen LogP contribution is -2.19. The minimum absolute atomic E-state index is 0.529. The molecule has 2 bridgehead atoms. The highest BCUT2D eigenvalue weighted by molar-refractivity contribution is 6.35. The summed E-state index contributed by atoms with van der Waals surface area (Å²) in [6.45, 7) is 0.884. The van der Waals surface area contributed by atoms with Crippen LogP contribution in [0.1, 0.15) is 25.7 Å². The third kappa shape index (κ3) is 2.20. The molecule has 2 aromatic rings. The Morgan fingerprint density at radius 3 is 2.95 bits per heavy atom. The van der Waals surface area contributed by atoms with Gasteiger partial charge in [-0.1, -0.05) is 24.1 Å². The van der Waals surface area contributed by atoms with E-state index in [1.807, 2.05) is 16.8 Å². The Labute approximate surface area is 128 Å². The maximum atomic E-state index is 6.30. The molecule has 1 heterocycles. The topological polar surface area (TPSA) is 69.6 Å². The van der Waals surface area contributed by atoms with Gasteiger partial charge in [-0.2, -0.15) is 0 Å². The van der Waals surface area contributed by atoms with Gasteiger partial charge in [-0.3, -0.25) is 0 Å². The summed E-state index contributed by atoms with van der Waals surface area (Å²) < 4.78 is 1.89. The fourth-order valence-electron chi connectivity index (χ4n) is 4.07. The van der Waals surface area contributed by atoms with Crippen molar-refractivity contribution in [2.75, 3.05) is 5.73 Å². The van der Waals surface area contributed by atoms with Crippen LogP contribution >= 0.6 is 11.6 Å². The van der Waals surface area contributed by atoms with Crippen LogP contribution in [-0.4, -0.2) is 20.2 Å². The third-order valence-corrected chi connectivity index (χ3v) is 5.52. The van der Waals surface area contributed by atoms with Crippen molar-refractivity contribution in [2.24, 2.45) is 17.8 Å². The Hall–Kier alpha value is -1.62. The molecule has 4 rings (SSSR count). The summed E-state index contributed by atoms with van der Waals surface area (Å²) in [7, 11) is 0. The van der Waals surface area contributed by atoms with Crippen molar-refractivity contribution in [3.63, 3.8) is 0 Å². The number of benzene rings is 1. The van der Waals surface area contributed by atoms with Crippen molar-refractivity contribution in [3.8, 4) is 11.4 Å². The highest BCUT2D eigenvalue weighted by Gasteiger charge is 2.39. The van der Waals surface area contributed by atoms with Gasteiger partial charge in [0.15, 0.2) is 5.82 Å². The van der Waals surface area contributed by atoms with Gasteiger partial charge in [0.05, 0.1) is 10.7 Å². The molecule has 3 atom stereocenters. The molecule has 1 aromatic heterocycles. The van der Waals surface area contributed by atoms with Gasteiger partial charge < -0.3 is 5.73 Å². The molecule has 21 heavy (non-hydrogen) atoms. The van der Waals surface area contributed by atoms with Gasteiger partial charge in [0.1, 0.15) is 0 Å². The van der Waals surface area contributed by atoms with E-state index >= 15 is 0 Å². The van der Waals surface area contributed by atoms with Gasteiger partial charge in [-0.15, -0.1) is 5.10 Å². The fraction of sp³-hybridized carbons (Fsp3) is 0.533. The summed E-state index contributed by atoms with van der Waals surface area (Å²) in [4.78, 5) is 0. The standard InChI is InChI=1S/C15H18ClN5/c16-14-12(2-1-3-13(14)17)15-18-19-20-21(15)8-11-7-9-4-5-10(11)6-9/h1-3,9-11H,4-8,17H2. The number of hydrogen-bond acceptors (Lipinski definition) is 4. The highest BCUT2D eigenvalue weighted by Crippen LogP contribution is 2.49. The molecule has 2 aliphatic carbocycles. The van der Waals surface area contributed by atoms with Crippen molar-refractivity contribution in [1.82, 2.24) is 20.2 Å². The zero-order valence-corrected chi connectivity index (χ0v) is 12.5. The average molecular weight is 304 g/mol. The Morgan fingerprint density at radius 1 is 1.29 bits per heavy atom. The van der Waals surface area contributed by atoms with Crippen molar-refractivity contribution < 1.29 is 0 Å². The van der Waals surface area contributed by atoms with E-state index in [0.29, 0.717) is 16.6 Å². The average Bonchev–Trinajstić information content (AvgIpc) is 3.18. The van der Waals surface area contributed by atoms with Crippen LogP contribution in [0.4, 0.5) is 5.69 Å². The molecule has 0 amide bonds. The number of nitrogens with two attached hydrogens (primary N) is 1. The SMILES string of the molecule is Nc1cccc(-c2nnnn2CC2CC3CCC2C3)c1Cl. The van der Waals surface area contributed by atoms with Crippen LogP contribution in [0.5, 0.6) is 0 Å². The molecule has 3 unspecified atom stereocenters. The van der Waals surface area contributed by atoms with Crippen LogP contribution in [0.3, 0.4) is 0 Å². The molecule has 0 aliphatic heterocycles. The summed E-state index contributed by atoms with van der Waals surface area (Å²) in [6.07, 6.45) is 5.48. The van der Waals surface area contributed by atoms with E-state index < -0.39 is 0 Å². The minimum Gasteiger partial charge on any atom is -0.398 e. The highest BCUT2D eigenvalue weighted by atomic mass is 35.5. The second-order valence-corrected chi connectivity index (χ2v) is 6.71. The summed E-state index contributed by atoms with van der Waals surface area (Å²) >= 11 is 6.30. The molecule has 2 N–H and O–H groups in total. The molecule has 5 nitrogen and oxygen atoms in total. The normalized spacial score (nSPS) is 27.4. The monoisotopic (exact) mass is 303 g/mol. The zero-order chi connectivity index (χ0) is 14.4. The largest absolute Gasteiger partial charge is 0.398 e. The number of hydrogen-bond donors (Lipinski definition) is 1. The number of aromatic nitrogens is 4. The third-order valence-electron chi connectivity index (χ3n) is 5.09. The number of halogens is 1. The molecule has 110 valence electrons. The van der Waals surface area contributed by atoms with E-state index in [9.17, 15) is 0 Å². The first-order chi connectivity index (χ1) is 10.2. The summed E-state index contributed by atoms with van der Waals surface area (Å²) in [6, 6.07) is 5.59. The Morgan fingerprint density at radius 2 is 2.19 bits per heavy atom. The lowest BCUT2D eigenvalue weighted by atomic mass is 9.89. The molecule has 2 saturated carbocycles. The van der Waals surface area contributed by atoms with Gasteiger partial charge in [0, 0.05) is 12.1 Å². The lowest BCUT2D eigenvalue weighted by molar-refractivity contribution is 0.284. The molecule has 2 aliphatic rings. The van der Waals surface area contributed by atoms with Crippen molar-refractivity contribution in [1.29, 1.82) is 0 Å². The first kappa shape index (κ1) is 13.1. The number of tetrazole rings is 1. The van der Waals surface area contributed by atoms with E-state index in [1.54, 1.807) is 6.07 Å². The summed E-state index contributed by atoms with van der Waals surface area (Å²) in [5.41, 5.74) is 7.25. The van der Waals surface area contributed by atoms with Crippen LogP contribution < -0.4 is 5.73 Å². The lowest BCUT2D eigenvalue weighted by Gasteiger charge is -2.21. The fourth-order valence-corrected chi connectivity index (χ4v) is 4.28. The number of anilines is 1. The van der Waals surface area contributed by atoms with E-state index in [2.05, 4.69) is 15.5 Å². The van der Waals surface area contributed by atoms with Crippen LogP contribution in [0.15, 0.2) is 18.2 Å². The molecular formula is C15H18ClN5. The van der Waals surface area contributed by atoms with Gasteiger partial charge >= 0.3 is 0 Å². The maximum Gasteiger partial charge on any atom is 0.183 e. The molecule has 1 aromatic carbocycles. The molecule has 0 spiro atoms. The molecule has 0 radical (unpaired) electrons. The quantitative estimate of drug-likeness (QED) is 0.885. The number of nitrogens with zero attached hydrogens (tertiary/aromatic N) is 4. The van der Waals surface area contributed by atoms with Crippen LogP contribution in [0, 0.1) is 17.8 Å². The summed E-state index contributed by atoms with van der Waals surface area (Å²) in [5, 5.41) is 12.7. The van der Waals surface area contributed by atoms with Crippen LogP contribution in [0.25, 0.3) is 11.4 Å². The Kier molecular flexibility index (Phi) is 3.10.